The summed E-state index contributed by atoms with van der Waals surface area (Å²) in [6, 6.07) is 8.53. The van der Waals surface area contributed by atoms with Gasteiger partial charge in [-0.3, -0.25) is 14.5 Å². The largest absolute Gasteiger partial charge is 0.416 e. The molecule has 0 bridgehead atoms. The minimum atomic E-state index is -4.60. The van der Waals surface area contributed by atoms with E-state index >= 15 is 0 Å². The van der Waals surface area contributed by atoms with E-state index in [2.05, 4.69) is 16.0 Å². The standard InChI is InChI=1S/C21H29F3N2O3S.C13H16F3NO2S.C8H14ClNO.ClH/c1-20(30(28,29)18-9-5-6-16(14-18)21(22,23)24)10-12-26(13-11-20)15-19(27)25-17-7-3-2-4-8-17;1-12(5-7-17-8-6-12)20(18,19)11-4-2-3-10(9-11)13(14,15)16;9-6-8(11)10-7-4-2-1-3-5-7;/h5-6,9,14,17H,2-4,7-8,10-13,15H2,1H3,(H,25,27);2-4,9,17H,5-8H2,1H3;7H,1-6H2,(H,10,11);1H. The molecule has 2 saturated carbocycles. The smallest absolute Gasteiger partial charge is 0.352 e. The van der Waals surface area contributed by atoms with Crippen LogP contribution in [0.3, 0.4) is 0 Å². The van der Waals surface area contributed by atoms with Crippen molar-refractivity contribution in [3.63, 3.8) is 0 Å². The van der Waals surface area contributed by atoms with Crippen LogP contribution in [0.4, 0.5) is 26.3 Å². The molecule has 0 atom stereocenters. The molecule has 2 aliphatic carbocycles. The van der Waals surface area contributed by atoms with Gasteiger partial charge in [0.1, 0.15) is 5.88 Å². The third-order valence-corrected chi connectivity index (χ3v) is 17.6. The number of nitrogens with one attached hydrogen (secondary N) is 3. The maximum atomic E-state index is 13.1. The van der Waals surface area contributed by atoms with Crippen LogP contribution in [0.15, 0.2) is 58.3 Å². The molecule has 3 N–H and O–H groups in total. The molecular weight excluding hydrogens is 906 g/mol. The molecule has 20 heteroatoms. The van der Waals surface area contributed by atoms with E-state index < -0.39 is 52.6 Å². The van der Waals surface area contributed by atoms with Gasteiger partial charge in [-0.1, -0.05) is 50.7 Å². The molecule has 2 amide bonds. The van der Waals surface area contributed by atoms with Gasteiger partial charge in [-0.2, -0.15) is 26.3 Å². The molecule has 2 aromatic rings. The van der Waals surface area contributed by atoms with E-state index in [4.69, 9.17) is 11.6 Å². The van der Waals surface area contributed by atoms with Crippen LogP contribution in [0.2, 0.25) is 0 Å². The number of sulfone groups is 2. The van der Waals surface area contributed by atoms with Crippen LogP contribution >= 0.6 is 24.0 Å². The predicted octanol–water partition coefficient (Wildman–Crippen LogP) is 8.50. The van der Waals surface area contributed by atoms with Crippen LogP contribution in [0.25, 0.3) is 0 Å². The molecule has 10 nitrogen and oxygen atoms in total. The van der Waals surface area contributed by atoms with E-state index in [1.54, 1.807) is 13.8 Å². The summed E-state index contributed by atoms with van der Waals surface area (Å²) in [6.07, 6.45) is 3.69. The van der Waals surface area contributed by atoms with Gasteiger partial charge in [0.15, 0.2) is 19.7 Å². The summed E-state index contributed by atoms with van der Waals surface area (Å²) in [6.45, 7) is 5.32. The Bertz CT molecular complexity index is 1980. The zero-order valence-corrected chi connectivity index (χ0v) is 38.4. The third kappa shape index (κ3) is 14.7. The third-order valence-electron chi connectivity index (χ3n) is 12.2. The first-order valence-electron chi connectivity index (χ1n) is 20.9. The lowest BCUT2D eigenvalue weighted by Gasteiger charge is -2.38. The van der Waals surface area contributed by atoms with Crippen molar-refractivity contribution in [2.24, 2.45) is 0 Å². The van der Waals surface area contributed by atoms with Crippen molar-refractivity contribution in [2.45, 2.75) is 147 Å². The lowest BCUT2D eigenvalue weighted by molar-refractivity contribution is -0.138. The van der Waals surface area contributed by atoms with E-state index in [0.717, 1.165) is 68.9 Å². The van der Waals surface area contributed by atoms with Crippen LogP contribution in [-0.4, -0.2) is 93.7 Å². The number of hydrogen-bond acceptors (Lipinski definition) is 8. The first-order chi connectivity index (χ1) is 28.5. The number of piperidine rings is 2. The van der Waals surface area contributed by atoms with Crippen LogP contribution in [0.5, 0.6) is 0 Å². The van der Waals surface area contributed by atoms with Gasteiger partial charge in [-0.15, -0.1) is 24.0 Å². The van der Waals surface area contributed by atoms with Crippen molar-refractivity contribution in [1.29, 1.82) is 0 Å². The number of alkyl halides is 7. The molecule has 2 aromatic carbocycles. The molecule has 4 aliphatic rings. The maximum Gasteiger partial charge on any atom is 0.416 e. The molecular formula is C42H60Cl2F6N4O6S2. The van der Waals surface area contributed by atoms with Crippen molar-refractivity contribution in [2.75, 3.05) is 38.6 Å². The lowest BCUT2D eigenvalue weighted by atomic mass is 9.95. The molecule has 352 valence electrons. The average Bonchev–Trinajstić information content (AvgIpc) is 3.22. The van der Waals surface area contributed by atoms with Crippen LogP contribution in [0.1, 0.15) is 115 Å². The van der Waals surface area contributed by atoms with Crippen molar-refractivity contribution in [3.8, 4) is 0 Å². The van der Waals surface area contributed by atoms with Crippen molar-refractivity contribution in [1.82, 2.24) is 20.9 Å². The van der Waals surface area contributed by atoms with Gasteiger partial charge in [0.2, 0.25) is 11.8 Å². The van der Waals surface area contributed by atoms with Crippen LogP contribution < -0.4 is 16.0 Å². The Morgan fingerprint density at radius 2 is 1.06 bits per heavy atom. The van der Waals surface area contributed by atoms with Gasteiger partial charge < -0.3 is 16.0 Å². The molecule has 2 saturated heterocycles. The number of rotatable bonds is 9. The summed E-state index contributed by atoms with van der Waals surface area (Å²) in [5.41, 5.74) is -1.90. The quantitative estimate of drug-likeness (QED) is 0.168. The molecule has 4 fully saturated rings. The van der Waals surface area contributed by atoms with Crippen molar-refractivity contribution in [3.05, 3.63) is 59.7 Å². The summed E-state index contributed by atoms with van der Waals surface area (Å²) in [4.78, 5) is 24.5. The number of halogens is 8. The zero-order chi connectivity index (χ0) is 45.1. The van der Waals surface area contributed by atoms with Gasteiger partial charge in [-0.05, 0) is 115 Å². The van der Waals surface area contributed by atoms with E-state index in [1.165, 1.54) is 37.8 Å². The summed E-state index contributed by atoms with van der Waals surface area (Å²) >= 11 is 5.36. The summed E-state index contributed by atoms with van der Waals surface area (Å²) in [5, 5.41) is 9.01. The van der Waals surface area contributed by atoms with E-state index in [0.29, 0.717) is 51.1 Å². The molecule has 0 aromatic heterocycles. The summed E-state index contributed by atoms with van der Waals surface area (Å²) in [5.74, 6) is 0.0149. The van der Waals surface area contributed by atoms with E-state index in [-0.39, 0.29) is 65.3 Å². The number of carbonyl (C=O) groups excluding carboxylic acids is 2. The highest BCUT2D eigenvalue weighted by atomic mass is 35.5. The Morgan fingerprint density at radius 3 is 1.45 bits per heavy atom. The Labute approximate surface area is 373 Å². The van der Waals surface area contributed by atoms with Gasteiger partial charge in [-0.25, -0.2) is 16.8 Å². The molecule has 6 rings (SSSR count). The second kappa shape index (κ2) is 23.0. The summed E-state index contributed by atoms with van der Waals surface area (Å²) < 4.78 is 126. The highest BCUT2D eigenvalue weighted by Gasteiger charge is 2.44. The topological polar surface area (TPSA) is 142 Å². The molecule has 0 radical (unpaired) electrons. The fraction of sp³-hybridized carbons (Fsp3) is 0.667. The number of nitrogens with zero attached hydrogens (tertiary/aromatic N) is 1. The second-order valence-electron chi connectivity index (χ2n) is 16.9. The number of carbonyl (C=O) groups is 2. The second-order valence-corrected chi connectivity index (χ2v) is 22.1. The predicted molar refractivity (Wildman–Crippen MR) is 230 cm³/mol. The maximum absolute atomic E-state index is 13.1. The monoisotopic (exact) mass is 964 g/mol. The first-order valence-corrected chi connectivity index (χ1v) is 24.4. The molecule has 0 unspecified atom stereocenters. The van der Waals surface area contributed by atoms with Gasteiger partial charge in [0.25, 0.3) is 0 Å². The Morgan fingerprint density at radius 1 is 0.677 bits per heavy atom. The Balaban J connectivity index is 0.000000275. The minimum Gasteiger partial charge on any atom is -0.352 e. The normalized spacial score (nSPS) is 20.2. The van der Waals surface area contributed by atoms with Crippen molar-refractivity contribution >= 4 is 55.5 Å². The fourth-order valence-electron chi connectivity index (χ4n) is 8.16. The molecule has 2 aliphatic heterocycles. The molecule has 0 spiro atoms. The van der Waals surface area contributed by atoms with Crippen molar-refractivity contribution < 1.29 is 52.8 Å². The van der Waals surface area contributed by atoms with Gasteiger partial charge in [0, 0.05) is 25.2 Å². The van der Waals surface area contributed by atoms with Gasteiger partial charge >= 0.3 is 12.4 Å². The van der Waals surface area contributed by atoms with E-state index in [1.807, 2.05) is 4.90 Å². The average molecular weight is 966 g/mol. The summed E-state index contributed by atoms with van der Waals surface area (Å²) in [7, 11) is -7.73. The highest BCUT2D eigenvalue weighted by Crippen LogP contribution is 2.39. The Hall–Kier alpha value is -2.64. The van der Waals surface area contributed by atoms with Gasteiger partial charge in [0.05, 0.1) is 37.0 Å². The van der Waals surface area contributed by atoms with Crippen LogP contribution in [0, 0.1) is 0 Å². The van der Waals surface area contributed by atoms with Crippen LogP contribution in [-0.2, 0) is 41.6 Å². The SMILES string of the molecule is CC1(S(=O)(=O)c2cccc(C(F)(F)F)c2)CCN(CC(=O)NC2CCCCC2)CC1.CC1(S(=O)(=O)c2cccc(C(F)(F)F)c2)CCNCC1.Cl.O=C(CCl)NC1CCCCC1. The number of hydrogen-bond donors (Lipinski definition) is 3. The minimum absolute atomic E-state index is 0. The first kappa shape index (κ1) is 53.7. The number of likely N-dealkylation sites (tertiary alicyclic amines) is 1. The zero-order valence-electron chi connectivity index (χ0n) is 35.2. The molecule has 2 heterocycles. The number of amides is 2. The molecule has 62 heavy (non-hydrogen) atoms. The lowest BCUT2D eigenvalue weighted by Crippen LogP contribution is -2.50. The Kier molecular flexibility index (Phi) is 19.9. The fourth-order valence-corrected chi connectivity index (χ4v) is 11.9. The highest BCUT2D eigenvalue weighted by molar-refractivity contribution is 7.93. The van der Waals surface area contributed by atoms with E-state index in [9.17, 15) is 52.8 Å². The number of benzene rings is 2.